The van der Waals surface area contributed by atoms with E-state index in [9.17, 15) is 8.78 Å². The van der Waals surface area contributed by atoms with Crippen LogP contribution < -0.4 is 4.74 Å². The Balaban J connectivity index is 1.70. The molecule has 0 bridgehead atoms. The molecule has 0 amide bonds. The zero-order chi connectivity index (χ0) is 17.1. The maximum atomic E-state index is 13.6. The molecule has 3 rings (SSSR count). The van der Waals surface area contributed by atoms with Crippen LogP contribution >= 0.6 is 0 Å². The van der Waals surface area contributed by atoms with Gasteiger partial charge in [0.25, 0.3) is 0 Å². The summed E-state index contributed by atoms with van der Waals surface area (Å²) in [5, 5.41) is 3.93. The molecule has 4 nitrogen and oxygen atoms in total. The zero-order valence-electron chi connectivity index (χ0n) is 13.3. The third kappa shape index (κ3) is 3.42. The van der Waals surface area contributed by atoms with Crippen LogP contribution in [0.1, 0.15) is 31.2 Å². The number of ether oxygens (including phenoxy) is 1. The molecule has 0 atom stereocenters. The van der Waals surface area contributed by atoms with Crippen molar-refractivity contribution in [2.24, 2.45) is 0 Å². The Morgan fingerprint density at radius 2 is 1.71 bits per heavy atom. The lowest BCUT2D eigenvalue weighted by Crippen LogP contribution is -2.01. The summed E-state index contributed by atoms with van der Waals surface area (Å²) in [7, 11) is 0. The first-order chi connectivity index (χ1) is 11.5. The first-order valence-electron chi connectivity index (χ1n) is 7.54. The van der Waals surface area contributed by atoms with E-state index in [-0.39, 0.29) is 18.1 Å². The van der Waals surface area contributed by atoms with Gasteiger partial charge in [0, 0.05) is 11.5 Å². The average Bonchev–Trinajstić information content (AvgIpc) is 3.05. The molecule has 0 saturated heterocycles. The molecule has 0 saturated carbocycles. The fourth-order valence-electron chi connectivity index (χ4n) is 2.11. The van der Waals surface area contributed by atoms with E-state index >= 15 is 0 Å². The van der Waals surface area contributed by atoms with Crippen LogP contribution in [-0.4, -0.2) is 10.1 Å². The molecule has 0 fully saturated rings. The number of halogens is 2. The predicted octanol–water partition coefficient (Wildman–Crippen LogP) is 4.72. The summed E-state index contributed by atoms with van der Waals surface area (Å²) >= 11 is 0. The van der Waals surface area contributed by atoms with E-state index in [0.29, 0.717) is 17.5 Å². The quantitative estimate of drug-likeness (QED) is 0.679. The highest BCUT2D eigenvalue weighted by molar-refractivity contribution is 5.55. The summed E-state index contributed by atoms with van der Waals surface area (Å²) in [6.45, 7) is 3.75. The third-order valence-electron chi connectivity index (χ3n) is 3.49. The molecular formula is C18H16F2N2O2. The third-order valence-corrected chi connectivity index (χ3v) is 3.49. The van der Waals surface area contributed by atoms with Crippen molar-refractivity contribution in [1.29, 1.82) is 0 Å². The van der Waals surface area contributed by atoms with Gasteiger partial charge >= 0.3 is 0 Å². The molecule has 6 heteroatoms. The van der Waals surface area contributed by atoms with E-state index in [1.165, 1.54) is 18.2 Å². The van der Waals surface area contributed by atoms with Crippen molar-refractivity contribution >= 4 is 0 Å². The predicted molar refractivity (Wildman–Crippen MR) is 84.5 cm³/mol. The first kappa shape index (κ1) is 16.1. The van der Waals surface area contributed by atoms with Crippen LogP contribution in [0.5, 0.6) is 5.75 Å². The van der Waals surface area contributed by atoms with Crippen molar-refractivity contribution in [1.82, 2.24) is 10.1 Å². The Hall–Kier alpha value is -2.76. The summed E-state index contributed by atoms with van der Waals surface area (Å²) < 4.78 is 37.7. The van der Waals surface area contributed by atoms with Crippen molar-refractivity contribution in [3.63, 3.8) is 0 Å². The van der Waals surface area contributed by atoms with Crippen LogP contribution in [0.3, 0.4) is 0 Å². The fraction of sp³-hybridized carbons (Fsp3) is 0.222. The molecule has 124 valence electrons. The lowest BCUT2D eigenvalue weighted by atomic mass is 10.2. The van der Waals surface area contributed by atoms with Crippen LogP contribution in [-0.2, 0) is 6.61 Å². The molecule has 0 radical (unpaired) electrons. The normalized spacial score (nSPS) is 11.0. The summed E-state index contributed by atoms with van der Waals surface area (Å²) in [6.07, 6.45) is 0. The van der Waals surface area contributed by atoms with Crippen molar-refractivity contribution in [2.45, 2.75) is 26.4 Å². The number of benzene rings is 2. The van der Waals surface area contributed by atoms with E-state index in [4.69, 9.17) is 9.26 Å². The number of aromatic nitrogens is 2. The van der Waals surface area contributed by atoms with E-state index in [0.717, 1.165) is 5.56 Å². The smallest absolute Gasteiger partial charge is 0.229 e. The summed E-state index contributed by atoms with van der Waals surface area (Å²) in [6, 6.07) is 10.6. The SMILES string of the molecule is CC(C)c1nc(-c2ccc(OCc3c(F)cccc3F)cc2)no1. The minimum Gasteiger partial charge on any atom is -0.489 e. The maximum Gasteiger partial charge on any atom is 0.229 e. The van der Waals surface area contributed by atoms with E-state index in [2.05, 4.69) is 10.1 Å². The van der Waals surface area contributed by atoms with Gasteiger partial charge in [0.05, 0.1) is 5.56 Å². The largest absolute Gasteiger partial charge is 0.489 e. The number of hydrogen-bond acceptors (Lipinski definition) is 4. The Kier molecular flexibility index (Phi) is 4.55. The van der Waals surface area contributed by atoms with Gasteiger partial charge in [-0.15, -0.1) is 0 Å². The van der Waals surface area contributed by atoms with Gasteiger partial charge in [-0.1, -0.05) is 25.1 Å². The van der Waals surface area contributed by atoms with Gasteiger partial charge in [0.1, 0.15) is 24.0 Å². The Morgan fingerprint density at radius 3 is 2.29 bits per heavy atom. The highest BCUT2D eigenvalue weighted by atomic mass is 19.1. The Bertz CT molecular complexity index is 809. The molecule has 0 spiro atoms. The van der Waals surface area contributed by atoms with Crippen LogP contribution in [0.15, 0.2) is 47.0 Å². The molecule has 1 aromatic heterocycles. The number of hydrogen-bond donors (Lipinski definition) is 0. The average molecular weight is 330 g/mol. The molecular weight excluding hydrogens is 314 g/mol. The Morgan fingerprint density at radius 1 is 1.04 bits per heavy atom. The summed E-state index contributed by atoms with van der Waals surface area (Å²) in [4.78, 5) is 4.31. The van der Waals surface area contributed by atoms with Crippen molar-refractivity contribution < 1.29 is 18.0 Å². The maximum absolute atomic E-state index is 13.6. The molecule has 3 aromatic rings. The molecule has 0 aliphatic carbocycles. The zero-order valence-corrected chi connectivity index (χ0v) is 13.3. The van der Waals surface area contributed by atoms with E-state index in [1.807, 2.05) is 13.8 Å². The van der Waals surface area contributed by atoms with Crippen LogP contribution in [0.2, 0.25) is 0 Å². The molecule has 0 aliphatic rings. The minimum absolute atomic E-state index is 0.0960. The highest BCUT2D eigenvalue weighted by Gasteiger charge is 2.12. The van der Waals surface area contributed by atoms with Gasteiger partial charge in [-0.3, -0.25) is 0 Å². The lowest BCUT2D eigenvalue weighted by molar-refractivity contribution is 0.292. The van der Waals surface area contributed by atoms with Gasteiger partial charge in [-0.05, 0) is 36.4 Å². The lowest BCUT2D eigenvalue weighted by Gasteiger charge is -2.08. The molecule has 2 aromatic carbocycles. The molecule has 1 heterocycles. The molecule has 0 aliphatic heterocycles. The van der Waals surface area contributed by atoms with Gasteiger partial charge in [-0.25, -0.2) is 8.78 Å². The standard InChI is InChI=1S/C18H16F2N2O2/c1-11(2)18-21-17(22-24-18)12-6-8-13(9-7-12)23-10-14-15(19)4-3-5-16(14)20/h3-9,11H,10H2,1-2H3. The first-order valence-corrected chi connectivity index (χ1v) is 7.54. The Labute approximate surface area is 138 Å². The summed E-state index contributed by atoms with van der Waals surface area (Å²) in [5.74, 6) is 0.462. The number of rotatable bonds is 5. The van der Waals surface area contributed by atoms with Crippen molar-refractivity contribution in [3.05, 3.63) is 65.6 Å². The van der Waals surface area contributed by atoms with Gasteiger partial charge in [0.2, 0.25) is 11.7 Å². The summed E-state index contributed by atoms with van der Waals surface area (Å²) in [5.41, 5.74) is 0.677. The van der Waals surface area contributed by atoms with Gasteiger partial charge in [-0.2, -0.15) is 4.98 Å². The second-order valence-corrected chi connectivity index (χ2v) is 5.62. The van der Waals surface area contributed by atoms with Crippen LogP contribution in [0, 0.1) is 11.6 Å². The van der Waals surface area contributed by atoms with E-state index in [1.54, 1.807) is 24.3 Å². The fourth-order valence-corrected chi connectivity index (χ4v) is 2.11. The van der Waals surface area contributed by atoms with Crippen molar-refractivity contribution in [3.8, 4) is 17.1 Å². The second kappa shape index (κ2) is 6.78. The molecule has 0 unspecified atom stereocenters. The number of nitrogens with zero attached hydrogens (tertiary/aromatic N) is 2. The van der Waals surface area contributed by atoms with Crippen LogP contribution in [0.25, 0.3) is 11.4 Å². The monoisotopic (exact) mass is 330 g/mol. The van der Waals surface area contributed by atoms with Gasteiger partial charge < -0.3 is 9.26 Å². The molecule has 24 heavy (non-hydrogen) atoms. The van der Waals surface area contributed by atoms with Crippen molar-refractivity contribution in [2.75, 3.05) is 0 Å². The minimum atomic E-state index is -0.625. The topological polar surface area (TPSA) is 48.2 Å². The molecule has 0 N–H and O–H groups in total. The second-order valence-electron chi connectivity index (χ2n) is 5.62. The highest BCUT2D eigenvalue weighted by Crippen LogP contribution is 2.23. The van der Waals surface area contributed by atoms with E-state index < -0.39 is 11.6 Å². The van der Waals surface area contributed by atoms with Gasteiger partial charge in [0.15, 0.2) is 0 Å². The van der Waals surface area contributed by atoms with Crippen LogP contribution in [0.4, 0.5) is 8.78 Å².